The zero-order valence-corrected chi connectivity index (χ0v) is 8.97. The molecule has 2 N–H and O–H groups in total. The van der Waals surface area contributed by atoms with E-state index in [1.165, 1.54) is 0 Å². The molecule has 16 heavy (non-hydrogen) atoms. The van der Waals surface area contributed by atoms with Crippen LogP contribution in [0.2, 0.25) is 0 Å². The number of nitrogens with zero attached hydrogens (tertiary/aromatic N) is 1. The molecule has 2 amide bonds. The number of carbonyl (C=O) groups is 2. The van der Waals surface area contributed by atoms with Crippen molar-refractivity contribution in [1.82, 2.24) is 10.2 Å². The quantitative estimate of drug-likeness (QED) is 0.671. The van der Waals surface area contributed by atoms with E-state index in [0.717, 1.165) is 4.90 Å². The van der Waals surface area contributed by atoms with Gasteiger partial charge in [0.1, 0.15) is 6.10 Å². The minimum absolute atomic E-state index is 0.126. The number of likely N-dealkylation sites (tertiary alicyclic amines) is 1. The number of carbonyl (C=O) groups excluding carboxylic acids is 1. The molecule has 0 spiro atoms. The monoisotopic (exact) mass is 226 g/mol. The van der Waals surface area contributed by atoms with Crippen molar-refractivity contribution in [3.8, 4) is 12.3 Å². The van der Waals surface area contributed by atoms with Crippen LogP contribution in [0.15, 0.2) is 0 Å². The van der Waals surface area contributed by atoms with Crippen molar-refractivity contribution >= 4 is 12.2 Å². The van der Waals surface area contributed by atoms with Crippen LogP contribution in [-0.2, 0) is 4.74 Å². The molecule has 1 rings (SSSR count). The first kappa shape index (κ1) is 12.2. The molecule has 0 unspecified atom stereocenters. The molecule has 0 aromatic heterocycles. The third-order valence-electron chi connectivity index (χ3n) is 2.30. The molecule has 0 aromatic rings. The Morgan fingerprint density at radius 1 is 1.69 bits per heavy atom. The molecule has 6 nitrogen and oxygen atoms in total. The SMILES string of the molecule is C#C[C@H]1C[C@H](OC(=O)NCC)CN1C(=O)O. The van der Waals surface area contributed by atoms with Gasteiger partial charge in [0.2, 0.25) is 0 Å². The highest BCUT2D eigenvalue weighted by Crippen LogP contribution is 2.19. The minimum atomic E-state index is -1.09. The van der Waals surface area contributed by atoms with Crippen molar-refractivity contribution in [3.63, 3.8) is 0 Å². The second-order valence-electron chi connectivity index (χ2n) is 3.41. The molecule has 1 aliphatic heterocycles. The van der Waals surface area contributed by atoms with E-state index in [2.05, 4.69) is 11.2 Å². The number of nitrogens with one attached hydrogen (secondary N) is 1. The fourth-order valence-corrected chi connectivity index (χ4v) is 1.59. The third-order valence-corrected chi connectivity index (χ3v) is 2.30. The molecule has 88 valence electrons. The summed E-state index contributed by atoms with van der Waals surface area (Å²) in [7, 11) is 0. The van der Waals surface area contributed by atoms with Gasteiger partial charge in [0, 0.05) is 13.0 Å². The summed E-state index contributed by atoms with van der Waals surface area (Å²) in [5.74, 6) is 2.36. The fraction of sp³-hybridized carbons (Fsp3) is 0.600. The van der Waals surface area contributed by atoms with E-state index in [4.69, 9.17) is 16.3 Å². The molecular formula is C10H14N2O4. The Morgan fingerprint density at radius 2 is 2.38 bits per heavy atom. The Morgan fingerprint density at radius 3 is 2.81 bits per heavy atom. The van der Waals surface area contributed by atoms with Gasteiger partial charge in [0.15, 0.2) is 0 Å². The molecule has 0 saturated carbocycles. The van der Waals surface area contributed by atoms with Crippen molar-refractivity contribution < 1.29 is 19.4 Å². The van der Waals surface area contributed by atoms with Crippen molar-refractivity contribution in [3.05, 3.63) is 0 Å². The van der Waals surface area contributed by atoms with Crippen LogP contribution in [0.3, 0.4) is 0 Å². The average Bonchev–Trinajstić information content (AvgIpc) is 2.61. The van der Waals surface area contributed by atoms with Gasteiger partial charge in [0.05, 0.1) is 12.6 Å². The zero-order valence-electron chi connectivity index (χ0n) is 8.97. The molecule has 1 aliphatic rings. The van der Waals surface area contributed by atoms with Crippen LogP contribution in [-0.4, -0.2) is 47.4 Å². The summed E-state index contributed by atoms with van der Waals surface area (Å²) in [6.45, 7) is 2.36. The molecule has 0 bridgehead atoms. The Bertz CT molecular complexity index is 323. The Labute approximate surface area is 93.6 Å². The standard InChI is InChI=1S/C10H14N2O4/c1-3-7-5-8(6-12(7)10(14)15)16-9(13)11-4-2/h1,7-8H,4-6H2,2H3,(H,11,13)(H,14,15)/t7-,8-/m0/s1. The van der Waals surface area contributed by atoms with Crippen molar-refractivity contribution in [2.45, 2.75) is 25.5 Å². The van der Waals surface area contributed by atoms with Crippen LogP contribution < -0.4 is 5.32 Å². The number of hydrogen-bond acceptors (Lipinski definition) is 3. The van der Waals surface area contributed by atoms with Gasteiger partial charge >= 0.3 is 12.2 Å². The summed E-state index contributed by atoms with van der Waals surface area (Å²) in [6.07, 6.45) is 3.44. The number of rotatable bonds is 2. The molecule has 0 aromatic carbocycles. The van der Waals surface area contributed by atoms with Gasteiger partial charge in [-0.25, -0.2) is 9.59 Å². The number of amides is 2. The largest absolute Gasteiger partial charge is 0.465 e. The van der Waals surface area contributed by atoms with Crippen molar-refractivity contribution in [2.75, 3.05) is 13.1 Å². The summed E-state index contributed by atoms with van der Waals surface area (Å²) in [4.78, 5) is 23.0. The molecule has 0 aliphatic carbocycles. The lowest BCUT2D eigenvalue weighted by molar-refractivity contribution is 0.0979. The minimum Gasteiger partial charge on any atom is -0.465 e. The number of hydrogen-bond donors (Lipinski definition) is 2. The van der Waals surface area contributed by atoms with E-state index < -0.39 is 24.3 Å². The van der Waals surface area contributed by atoms with Gasteiger partial charge in [-0.3, -0.25) is 4.90 Å². The van der Waals surface area contributed by atoms with Gasteiger partial charge in [0.25, 0.3) is 0 Å². The first-order chi connectivity index (χ1) is 7.58. The van der Waals surface area contributed by atoms with E-state index in [1.807, 2.05) is 0 Å². The van der Waals surface area contributed by atoms with E-state index in [0.29, 0.717) is 13.0 Å². The highest BCUT2D eigenvalue weighted by atomic mass is 16.6. The predicted molar refractivity (Wildman–Crippen MR) is 55.9 cm³/mol. The lowest BCUT2D eigenvalue weighted by Gasteiger charge is -2.15. The molecule has 6 heteroatoms. The molecule has 1 heterocycles. The van der Waals surface area contributed by atoms with Gasteiger partial charge in [-0.15, -0.1) is 6.42 Å². The average molecular weight is 226 g/mol. The highest BCUT2D eigenvalue weighted by Gasteiger charge is 2.36. The summed E-state index contributed by atoms with van der Waals surface area (Å²) in [6, 6.07) is -0.517. The summed E-state index contributed by atoms with van der Waals surface area (Å²) < 4.78 is 5.01. The lowest BCUT2D eigenvalue weighted by Crippen LogP contribution is -2.35. The number of terminal acetylenes is 1. The Balaban J connectivity index is 2.52. The third kappa shape index (κ3) is 2.79. The van der Waals surface area contributed by atoms with Crippen LogP contribution in [0.5, 0.6) is 0 Å². The first-order valence-corrected chi connectivity index (χ1v) is 4.98. The smallest absolute Gasteiger partial charge is 0.408 e. The normalized spacial score (nSPS) is 23.6. The van der Waals surface area contributed by atoms with E-state index >= 15 is 0 Å². The lowest BCUT2D eigenvalue weighted by atomic mass is 10.2. The maximum absolute atomic E-state index is 11.1. The zero-order chi connectivity index (χ0) is 12.1. The fourth-order valence-electron chi connectivity index (χ4n) is 1.59. The van der Waals surface area contributed by atoms with Crippen LogP contribution in [0, 0.1) is 12.3 Å². The predicted octanol–water partition coefficient (Wildman–Crippen LogP) is 0.487. The van der Waals surface area contributed by atoms with Crippen LogP contribution in [0.1, 0.15) is 13.3 Å². The summed E-state index contributed by atoms with van der Waals surface area (Å²) in [5, 5.41) is 11.3. The molecular weight excluding hydrogens is 212 g/mol. The maximum atomic E-state index is 11.1. The van der Waals surface area contributed by atoms with Gasteiger partial charge in [-0.1, -0.05) is 5.92 Å². The van der Waals surface area contributed by atoms with E-state index in [9.17, 15) is 9.59 Å². The second-order valence-corrected chi connectivity index (χ2v) is 3.41. The van der Waals surface area contributed by atoms with Crippen molar-refractivity contribution in [2.24, 2.45) is 0 Å². The second kappa shape index (κ2) is 5.26. The van der Waals surface area contributed by atoms with Crippen LogP contribution in [0.25, 0.3) is 0 Å². The van der Waals surface area contributed by atoms with Crippen molar-refractivity contribution in [1.29, 1.82) is 0 Å². The number of carboxylic acid groups (broad SMARTS) is 1. The molecule has 2 atom stereocenters. The molecule has 1 saturated heterocycles. The van der Waals surface area contributed by atoms with Gasteiger partial charge < -0.3 is 15.2 Å². The van der Waals surface area contributed by atoms with E-state index in [-0.39, 0.29) is 6.54 Å². The summed E-state index contributed by atoms with van der Waals surface area (Å²) in [5.41, 5.74) is 0. The summed E-state index contributed by atoms with van der Waals surface area (Å²) >= 11 is 0. The number of alkyl carbamates (subject to hydrolysis) is 1. The van der Waals surface area contributed by atoms with Crippen LogP contribution >= 0.6 is 0 Å². The maximum Gasteiger partial charge on any atom is 0.408 e. The van der Waals surface area contributed by atoms with Crippen LogP contribution in [0.4, 0.5) is 9.59 Å². The van der Waals surface area contributed by atoms with Gasteiger partial charge in [-0.2, -0.15) is 0 Å². The Hall–Kier alpha value is -1.90. The van der Waals surface area contributed by atoms with E-state index in [1.54, 1.807) is 6.92 Å². The molecule has 0 radical (unpaired) electrons. The molecule has 1 fully saturated rings. The Kier molecular flexibility index (Phi) is 4.00. The number of ether oxygens (including phenoxy) is 1. The highest BCUT2D eigenvalue weighted by molar-refractivity contribution is 5.68. The van der Waals surface area contributed by atoms with Gasteiger partial charge in [-0.05, 0) is 6.92 Å². The topological polar surface area (TPSA) is 78.9 Å². The first-order valence-electron chi connectivity index (χ1n) is 4.98.